The van der Waals surface area contributed by atoms with Crippen molar-refractivity contribution < 1.29 is 20.4 Å². The van der Waals surface area contributed by atoms with Crippen molar-refractivity contribution in [2.75, 3.05) is 0 Å². The molecule has 0 saturated heterocycles. The highest BCUT2D eigenvalue weighted by atomic mass is 16.4. The van der Waals surface area contributed by atoms with Crippen LogP contribution < -0.4 is 5.73 Å². The summed E-state index contributed by atoms with van der Waals surface area (Å²) in [6, 6.07) is -0.373. The molecule has 72 valence electrons. The van der Waals surface area contributed by atoms with E-state index < -0.39 is 24.4 Å². The molecule has 1 rings (SSSR count). The van der Waals surface area contributed by atoms with Crippen LogP contribution in [0.5, 0.6) is 0 Å². The molecule has 0 aromatic carbocycles. The van der Waals surface area contributed by atoms with Gasteiger partial charge in [-0.15, -0.1) is 0 Å². The van der Waals surface area contributed by atoms with Gasteiger partial charge >= 0.3 is 0 Å². The Bertz CT molecular complexity index is 138. The van der Waals surface area contributed by atoms with Gasteiger partial charge in [0.1, 0.15) is 12.2 Å². The third-order valence-corrected chi connectivity index (χ3v) is 2.23. The zero-order valence-electron chi connectivity index (χ0n) is 6.67. The van der Waals surface area contributed by atoms with E-state index >= 15 is 0 Å². The van der Waals surface area contributed by atoms with Crippen molar-refractivity contribution in [3.05, 3.63) is 0 Å². The predicted molar refractivity (Wildman–Crippen MR) is 41.2 cm³/mol. The molecule has 12 heavy (non-hydrogen) atoms. The molecule has 0 aromatic rings. The van der Waals surface area contributed by atoms with Crippen LogP contribution in [0.15, 0.2) is 0 Å². The smallest absolute Gasteiger partial charge is 0.108 e. The molecule has 6 N–H and O–H groups in total. The minimum absolute atomic E-state index is 0.204. The first-order chi connectivity index (χ1) is 5.52. The van der Waals surface area contributed by atoms with Gasteiger partial charge in [0.25, 0.3) is 0 Å². The summed E-state index contributed by atoms with van der Waals surface area (Å²) >= 11 is 0. The van der Waals surface area contributed by atoms with Crippen LogP contribution in [0.4, 0.5) is 0 Å². The van der Waals surface area contributed by atoms with E-state index in [1.165, 1.54) is 0 Å². The average molecular weight is 177 g/mol. The van der Waals surface area contributed by atoms with Crippen molar-refractivity contribution in [1.29, 1.82) is 0 Å². The maximum absolute atomic E-state index is 9.22. The first-order valence-corrected chi connectivity index (χ1v) is 4.00. The summed E-state index contributed by atoms with van der Waals surface area (Å²) in [5, 5.41) is 36.8. The molecule has 1 fully saturated rings. The van der Waals surface area contributed by atoms with E-state index in [2.05, 4.69) is 0 Å². The molecule has 5 heteroatoms. The molecule has 0 unspecified atom stereocenters. The summed E-state index contributed by atoms with van der Waals surface area (Å²) in [5.41, 5.74) is 5.50. The molecule has 0 amide bonds. The zero-order chi connectivity index (χ0) is 9.30. The molecule has 0 spiro atoms. The van der Waals surface area contributed by atoms with Crippen LogP contribution in [0.25, 0.3) is 0 Å². The van der Waals surface area contributed by atoms with Crippen LogP contribution in [0.2, 0.25) is 0 Å². The summed E-state index contributed by atoms with van der Waals surface area (Å²) in [4.78, 5) is 0. The molecule has 1 saturated carbocycles. The first-order valence-electron chi connectivity index (χ1n) is 4.00. The van der Waals surface area contributed by atoms with Crippen molar-refractivity contribution in [3.63, 3.8) is 0 Å². The number of aliphatic hydroxyl groups excluding tert-OH is 4. The van der Waals surface area contributed by atoms with Gasteiger partial charge in [0.15, 0.2) is 0 Å². The van der Waals surface area contributed by atoms with Crippen LogP contribution in [-0.2, 0) is 0 Å². The molecule has 0 heterocycles. The molecule has 0 radical (unpaired) electrons. The lowest BCUT2D eigenvalue weighted by Gasteiger charge is -2.21. The molecule has 0 bridgehead atoms. The largest absolute Gasteiger partial charge is 0.390 e. The van der Waals surface area contributed by atoms with E-state index in [4.69, 9.17) is 5.73 Å². The standard InChI is InChI=1S/C7H15NO4/c8-3-1-4(9)6(11)7(12)5(10)2-3/h3-7,9-12H,1-2,8H2/t4-,5-,6+,7+/m0/s1. The number of rotatable bonds is 0. The van der Waals surface area contributed by atoms with Crippen LogP contribution >= 0.6 is 0 Å². The molecule has 5 nitrogen and oxygen atoms in total. The Kier molecular flexibility index (Phi) is 3.03. The Morgan fingerprint density at radius 3 is 1.50 bits per heavy atom. The van der Waals surface area contributed by atoms with Gasteiger partial charge in [0, 0.05) is 6.04 Å². The van der Waals surface area contributed by atoms with Gasteiger partial charge in [0.05, 0.1) is 12.2 Å². The van der Waals surface area contributed by atoms with Gasteiger partial charge in [-0.3, -0.25) is 0 Å². The zero-order valence-corrected chi connectivity index (χ0v) is 6.67. The Morgan fingerprint density at radius 2 is 1.17 bits per heavy atom. The summed E-state index contributed by atoms with van der Waals surface area (Å²) < 4.78 is 0. The Labute approximate surface area is 70.4 Å². The minimum atomic E-state index is -1.30. The lowest BCUT2D eigenvalue weighted by Crippen LogP contribution is -2.41. The van der Waals surface area contributed by atoms with Crippen molar-refractivity contribution >= 4 is 0 Å². The van der Waals surface area contributed by atoms with Gasteiger partial charge in [-0.25, -0.2) is 0 Å². The van der Waals surface area contributed by atoms with E-state index in [9.17, 15) is 20.4 Å². The van der Waals surface area contributed by atoms with Gasteiger partial charge < -0.3 is 26.2 Å². The van der Waals surface area contributed by atoms with Crippen LogP contribution in [0.3, 0.4) is 0 Å². The van der Waals surface area contributed by atoms with Crippen LogP contribution in [0, 0.1) is 0 Å². The first kappa shape index (κ1) is 9.88. The van der Waals surface area contributed by atoms with Crippen molar-refractivity contribution in [1.82, 2.24) is 0 Å². The van der Waals surface area contributed by atoms with Crippen molar-refractivity contribution in [3.8, 4) is 0 Å². The predicted octanol–water partition coefficient (Wildman–Crippen LogP) is -2.45. The molecule has 0 aromatic heterocycles. The quantitative estimate of drug-likeness (QED) is 0.264. The van der Waals surface area contributed by atoms with Gasteiger partial charge in [0.2, 0.25) is 0 Å². The number of hydrogen-bond donors (Lipinski definition) is 5. The van der Waals surface area contributed by atoms with Crippen LogP contribution in [0.1, 0.15) is 12.8 Å². The number of hydrogen-bond acceptors (Lipinski definition) is 5. The fourth-order valence-corrected chi connectivity index (χ4v) is 1.45. The van der Waals surface area contributed by atoms with Crippen LogP contribution in [-0.4, -0.2) is 50.9 Å². The molecule has 0 aliphatic heterocycles. The fraction of sp³-hybridized carbons (Fsp3) is 1.00. The third kappa shape index (κ3) is 1.94. The van der Waals surface area contributed by atoms with E-state index in [1.54, 1.807) is 0 Å². The van der Waals surface area contributed by atoms with Gasteiger partial charge in [-0.1, -0.05) is 0 Å². The minimum Gasteiger partial charge on any atom is -0.390 e. The van der Waals surface area contributed by atoms with Gasteiger partial charge in [-0.05, 0) is 12.8 Å². The van der Waals surface area contributed by atoms with E-state index in [0.29, 0.717) is 0 Å². The Balaban J connectivity index is 2.66. The molecule has 4 atom stereocenters. The monoisotopic (exact) mass is 177 g/mol. The normalized spacial score (nSPS) is 45.8. The Hall–Kier alpha value is -0.200. The maximum atomic E-state index is 9.22. The Morgan fingerprint density at radius 1 is 0.833 bits per heavy atom. The second kappa shape index (κ2) is 3.68. The summed E-state index contributed by atoms with van der Waals surface area (Å²) in [6.45, 7) is 0. The molecular formula is C7H15NO4. The van der Waals surface area contributed by atoms with E-state index in [1.807, 2.05) is 0 Å². The average Bonchev–Trinajstić information content (AvgIpc) is 2.05. The summed E-state index contributed by atoms with van der Waals surface area (Å²) in [6.07, 6.45) is -4.29. The topological polar surface area (TPSA) is 107 Å². The van der Waals surface area contributed by atoms with Gasteiger partial charge in [-0.2, -0.15) is 0 Å². The highest BCUT2D eigenvalue weighted by Gasteiger charge is 2.35. The summed E-state index contributed by atoms with van der Waals surface area (Å²) in [7, 11) is 0. The summed E-state index contributed by atoms with van der Waals surface area (Å²) in [5.74, 6) is 0. The second-order valence-corrected chi connectivity index (χ2v) is 3.35. The number of nitrogens with two attached hydrogens (primary N) is 1. The van der Waals surface area contributed by atoms with E-state index in [-0.39, 0.29) is 18.9 Å². The fourth-order valence-electron chi connectivity index (χ4n) is 1.45. The maximum Gasteiger partial charge on any atom is 0.108 e. The second-order valence-electron chi connectivity index (χ2n) is 3.35. The SMILES string of the molecule is NC1C[C@H](O)[C@@H](O)[C@H](O)[C@@H](O)C1. The van der Waals surface area contributed by atoms with E-state index in [0.717, 1.165) is 0 Å². The lowest BCUT2D eigenvalue weighted by atomic mass is 10.1. The van der Waals surface area contributed by atoms with Crippen molar-refractivity contribution in [2.45, 2.75) is 43.3 Å². The number of aliphatic hydroxyl groups is 4. The molecule has 1 aliphatic rings. The molecule has 1 aliphatic carbocycles. The highest BCUT2D eigenvalue weighted by molar-refractivity contribution is 4.89. The molecular weight excluding hydrogens is 162 g/mol. The third-order valence-electron chi connectivity index (χ3n) is 2.23. The highest BCUT2D eigenvalue weighted by Crippen LogP contribution is 2.18. The lowest BCUT2D eigenvalue weighted by molar-refractivity contribution is -0.0947. The van der Waals surface area contributed by atoms with Crippen molar-refractivity contribution in [2.24, 2.45) is 5.73 Å².